The molecule has 3 aromatic rings. The zero-order valence-electron chi connectivity index (χ0n) is 16.9. The predicted octanol–water partition coefficient (Wildman–Crippen LogP) is 5.68. The third-order valence-electron chi connectivity index (χ3n) is 5.76. The molecule has 0 amide bonds. The number of hydrogen-bond acceptors (Lipinski definition) is 2. The van der Waals surface area contributed by atoms with Crippen molar-refractivity contribution < 1.29 is 13.2 Å². The number of benzene rings is 2. The second-order valence-electron chi connectivity index (χ2n) is 7.82. The normalized spacial score (nSPS) is 16.6. The minimum Gasteiger partial charge on any atom is -0.311 e. The highest BCUT2D eigenvalue weighted by molar-refractivity contribution is 6.31. The van der Waals surface area contributed by atoms with Crippen LogP contribution >= 0.6 is 11.6 Å². The van der Waals surface area contributed by atoms with Crippen molar-refractivity contribution in [3.8, 4) is 0 Å². The Morgan fingerprint density at radius 3 is 2.41 bits per heavy atom. The van der Waals surface area contributed by atoms with E-state index in [2.05, 4.69) is 9.97 Å². The molecule has 1 aromatic heterocycles. The van der Waals surface area contributed by atoms with Crippen LogP contribution in [0, 0.1) is 0 Å². The van der Waals surface area contributed by atoms with Crippen LogP contribution in [0.2, 0.25) is 5.02 Å². The summed E-state index contributed by atoms with van der Waals surface area (Å²) >= 11 is 5.87. The number of aromatic amines is 2. The molecule has 0 saturated carbocycles. The third-order valence-corrected chi connectivity index (χ3v) is 6.08. The molecule has 166 valence electrons. The molecule has 4 nitrogen and oxygen atoms in total. The second kappa shape index (κ2) is 8.82. The fourth-order valence-electron chi connectivity index (χ4n) is 4.27. The van der Waals surface area contributed by atoms with Crippen molar-refractivity contribution in [2.24, 2.45) is 0 Å². The highest BCUT2D eigenvalue weighted by atomic mass is 35.5. The van der Waals surface area contributed by atoms with Gasteiger partial charge in [0.15, 0.2) is 0 Å². The minimum absolute atomic E-state index is 0.0763. The van der Waals surface area contributed by atoms with Gasteiger partial charge in [-0.05, 0) is 42.0 Å². The molecule has 1 atom stereocenters. The van der Waals surface area contributed by atoms with E-state index in [1.165, 1.54) is 18.2 Å². The maximum Gasteiger partial charge on any atom is 0.418 e. The number of H-pyrrole nitrogens is 2. The van der Waals surface area contributed by atoms with Gasteiger partial charge in [0, 0.05) is 23.6 Å². The highest BCUT2D eigenvalue weighted by Crippen LogP contribution is 2.43. The van der Waals surface area contributed by atoms with Gasteiger partial charge < -0.3 is 4.98 Å². The average Bonchev–Trinajstić information content (AvgIpc) is 2.75. The Morgan fingerprint density at radius 2 is 1.75 bits per heavy atom. The summed E-state index contributed by atoms with van der Waals surface area (Å²) in [5.74, 6) is -0.180. The SMILES string of the molecule is O=c1[nH]c(C2CC=C(c3cccc(Cl)c3C(F)(F)F)CC2)c(Cc2ccccc2)c(=O)[nH]1. The summed E-state index contributed by atoms with van der Waals surface area (Å²) in [5.41, 5.74) is 0.701. The van der Waals surface area contributed by atoms with E-state index in [1.807, 2.05) is 30.3 Å². The third kappa shape index (κ3) is 4.58. The van der Waals surface area contributed by atoms with Crippen molar-refractivity contribution in [3.63, 3.8) is 0 Å². The molecule has 1 aliphatic carbocycles. The van der Waals surface area contributed by atoms with E-state index >= 15 is 0 Å². The lowest BCUT2D eigenvalue weighted by molar-refractivity contribution is -0.137. The minimum atomic E-state index is -4.56. The lowest BCUT2D eigenvalue weighted by atomic mass is 9.82. The molecule has 0 fully saturated rings. The Labute approximate surface area is 186 Å². The first-order valence-corrected chi connectivity index (χ1v) is 10.6. The molecular formula is C24H20ClF3N2O2. The Kier molecular flexibility index (Phi) is 6.11. The first kappa shape index (κ1) is 22.1. The molecule has 8 heteroatoms. The monoisotopic (exact) mass is 460 g/mol. The molecule has 4 rings (SSSR count). The summed E-state index contributed by atoms with van der Waals surface area (Å²) in [7, 11) is 0. The summed E-state index contributed by atoms with van der Waals surface area (Å²) in [6.07, 6.45) is -1.19. The van der Waals surface area contributed by atoms with E-state index in [0.29, 0.717) is 42.5 Å². The molecule has 2 N–H and O–H groups in total. The standard InChI is InChI=1S/C24H20ClF3N2O2/c25-19-8-4-7-17(20(19)24(26,27)28)15-9-11-16(12-10-15)21-18(22(31)30-23(32)29-21)13-14-5-2-1-3-6-14/h1-9,16H,10-13H2,(H2,29,30,31,32). The topological polar surface area (TPSA) is 65.7 Å². The van der Waals surface area contributed by atoms with Crippen molar-refractivity contribution in [1.29, 1.82) is 0 Å². The number of nitrogens with one attached hydrogen (secondary N) is 2. The van der Waals surface area contributed by atoms with Gasteiger partial charge in [-0.3, -0.25) is 9.78 Å². The van der Waals surface area contributed by atoms with Crippen LogP contribution in [0.3, 0.4) is 0 Å². The predicted molar refractivity (Wildman–Crippen MR) is 118 cm³/mol. The van der Waals surface area contributed by atoms with Gasteiger partial charge in [0.25, 0.3) is 5.56 Å². The van der Waals surface area contributed by atoms with Crippen LogP contribution in [0.5, 0.6) is 0 Å². The number of allylic oxidation sites excluding steroid dienone is 2. The van der Waals surface area contributed by atoms with Gasteiger partial charge in [0.1, 0.15) is 0 Å². The lowest BCUT2D eigenvalue weighted by Gasteiger charge is -2.25. The molecule has 0 bridgehead atoms. The van der Waals surface area contributed by atoms with E-state index in [0.717, 1.165) is 5.56 Å². The maximum absolute atomic E-state index is 13.6. The van der Waals surface area contributed by atoms with Crippen LogP contribution in [0.25, 0.3) is 5.57 Å². The molecule has 0 aliphatic heterocycles. The summed E-state index contributed by atoms with van der Waals surface area (Å²) in [6, 6.07) is 13.6. The van der Waals surface area contributed by atoms with Gasteiger partial charge in [-0.25, -0.2) is 4.79 Å². The number of hydrogen-bond donors (Lipinski definition) is 2. The van der Waals surface area contributed by atoms with Crippen LogP contribution in [0.4, 0.5) is 13.2 Å². The lowest BCUT2D eigenvalue weighted by Crippen LogP contribution is -2.30. The molecule has 1 heterocycles. The quantitative estimate of drug-likeness (QED) is 0.526. The molecule has 0 radical (unpaired) electrons. The van der Waals surface area contributed by atoms with Crippen LogP contribution < -0.4 is 11.2 Å². The summed E-state index contributed by atoms with van der Waals surface area (Å²) in [4.78, 5) is 29.6. The van der Waals surface area contributed by atoms with E-state index in [1.54, 1.807) is 6.08 Å². The Balaban J connectivity index is 1.68. The summed E-state index contributed by atoms with van der Waals surface area (Å²) in [6.45, 7) is 0. The largest absolute Gasteiger partial charge is 0.418 e. The van der Waals surface area contributed by atoms with Crippen molar-refractivity contribution in [2.75, 3.05) is 0 Å². The summed E-state index contributed by atoms with van der Waals surface area (Å²) in [5, 5.41) is -0.331. The van der Waals surface area contributed by atoms with Gasteiger partial charge in [-0.15, -0.1) is 0 Å². The van der Waals surface area contributed by atoms with E-state index in [9.17, 15) is 22.8 Å². The van der Waals surface area contributed by atoms with Crippen LogP contribution in [-0.2, 0) is 12.6 Å². The summed E-state index contributed by atoms with van der Waals surface area (Å²) < 4.78 is 40.7. The van der Waals surface area contributed by atoms with Crippen molar-refractivity contribution in [3.05, 3.63) is 108 Å². The second-order valence-corrected chi connectivity index (χ2v) is 8.23. The number of halogens is 4. The van der Waals surface area contributed by atoms with Crippen LogP contribution in [0.15, 0.2) is 64.2 Å². The number of alkyl halides is 3. The highest BCUT2D eigenvalue weighted by Gasteiger charge is 2.37. The smallest absolute Gasteiger partial charge is 0.311 e. The molecule has 1 aliphatic rings. The molecule has 0 saturated heterocycles. The van der Waals surface area contributed by atoms with Crippen molar-refractivity contribution in [1.82, 2.24) is 9.97 Å². The van der Waals surface area contributed by atoms with Gasteiger partial charge in [-0.2, -0.15) is 13.2 Å². The Bertz CT molecular complexity index is 1280. The van der Waals surface area contributed by atoms with Crippen molar-refractivity contribution >= 4 is 17.2 Å². The maximum atomic E-state index is 13.6. The first-order valence-electron chi connectivity index (χ1n) is 10.2. The molecule has 32 heavy (non-hydrogen) atoms. The fourth-order valence-corrected chi connectivity index (χ4v) is 4.56. The van der Waals surface area contributed by atoms with Crippen molar-refractivity contribution in [2.45, 2.75) is 37.8 Å². The Hall–Kier alpha value is -3.06. The first-order chi connectivity index (χ1) is 15.2. The zero-order chi connectivity index (χ0) is 22.9. The van der Waals surface area contributed by atoms with Gasteiger partial charge in [0.05, 0.1) is 10.6 Å². The molecular weight excluding hydrogens is 441 g/mol. The molecule has 1 unspecified atom stereocenters. The van der Waals surface area contributed by atoms with Gasteiger partial charge in [-0.1, -0.05) is 60.1 Å². The van der Waals surface area contributed by atoms with Crippen LogP contribution in [0.1, 0.15) is 53.1 Å². The Morgan fingerprint density at radius 1 is 1.00 bits per heavy atom. The van der Waals surface area contributed by atoms with E-state index in [4.69, 9.17) is 11.6 Å². The fraction of sp³-hybridized carbons (Fsp3) is 0.250. The van der Waals surface area contributed by atoms with Gasteiger partial charge >= 0.3 is 11.9 Å². The van der Waals surface area contributed by atoms with Gasteiger partial charge in [0.2, 0.25) is 0 Å². The van der Waals surface area contributed by atoms with E-state index in [-0.39, 0.29) is 16.5 Å². The number of aromatic nitrogens is 2. The number of rotatable bonds is 4. The van der Waals surface area contributed by atoms with E-state index < -0.39 is 23.0 Å². The average molecular weight is 461 g/mol. The van der Waals surface area contributed by atoms with Crippen LogP contribution in [-0.4, -0.2) is 9.97 Å². The molecule has 0 spiro atoms. The molecule has 2 aromatic carbocycles. The zero-order valence-corrected chi connectivity index (χ0v) is 17.7.